The highest BCUT2D eigenvalue weighted by Gasteiger charge is 2.12. The Bertz CT molecular complexity index is 695. The summed E-state index contributed by atoms with van der Waals surface area (Å²) in [6.07, 6.45) is 0. The van der Waals surface area contributed by atoms with Crippen molar-refractivity contribution in [2.75, 3.05) is 4.90 Å². The molecule has 0 unspecified atom stereocenters. The van der Waals surface area contributed by atoms with Crippen molar-refractivity contribution in [2.45, 2.75) is 0 Å². The fourth-order valence-electron chi connectivity index (χ4n) is 2.29. The van der Waals surface area contributed by atoms with E-state index in [-0.39, 0.29) is 11.5 Å². The van der Waals surface area contributed by atoms with Gasteiger partial charge in [0.05, 0.1) is 0 Å². The van der Waals surface area contributed by atoms with Crippen molar-refractivity contribution in [2.24, 2.45) is 0 Å². The van der Waals surface area contributed by atoms with Gasteiger partial charge in [0, 0.05) is 29.2 Å². The van der Waals surface area contributed by atoms with Crippen molar-refractivity contribution in [3.8, 4) is 11.5 Å². The number of benzene rings is 3. The van der Waals surface area contributed by atoms with E-state index in [9.17, 15) is 10.2 Å². The average Bonchev–Trinajstić information content (AvgIpc) is 2.49. The van der Waals surface area contributed by atoms with Gasteiger partial charge in [-0.05, 0) is 36.4 Å². The third-order valence-corrected chi connectivity index (χ3v) is 3.19. The number of phenols is 2. The predicted molar refractivity (Wildman–Crippen MR) is 84.5 cm³/mol. The first-order valence-electron chi connectivity index (χ1n) is 6.67. The molecule has 0 spiro atoms. The first-order valence-corrected chi connectivity index (χ1v) is 6.67. The predicted octanol–water partition coefficient (Wildman–Crippen LogP) is 4.57. The molecule has 104 valence electrons. The maximum absolute atomic E-state index is 9.73. The molecule has 0 heterocycles. The highest BCUT2D eigenvalue weighted by Crippen LogP contribution is 2.36. The van der Waals surface area contributed by atoms with E-state index in [4.69, 9.17) is 0 Å². The zero-order valence-electron chi connectivity index (χ0n) is 11.3. The van der Waals surface area contributed by atoms with Gasteiger partial charge in [-0.1, -0.05) is 30.3 Å². The van der Waals surface area contributed by atoms with Gasteiger partial charge < -0.3 is 15.1 Å². The molecule has 0 fully saturated rings. The molecule has 0 bridgehead atoms. The third-order valence-electron chi connectivity index (χ3n) is 3.19. The molecule has 21 heavy (non-hydrogen) atoms. The Morgan fingerprint density at radius 1 is 0.524 bits per heavy atom. The minimum Gasteiger partial charge on any atom is -0.508 e. The molecule has 0 aliphatic carbocycles. The molecule has 3 aromatic rings. The van der Waals surface area contributed by atoms with Gasteiger partial charge in [0.25, 0.3) is 0 Å². The smallest absolute Gasteiger partial charge is 0.117 e. The summed E-state index contributed by atoms with van der Waals surface area (Å²) < 4.78 is 0. The molecule has 0 saturated carbocycles. The number of hydrogen-bond acceptors (Lipinski definition) is 3. The van der Waals surface area contributed by atoms with Gasteiger partial charge in [0.2, 0.25) is 0 Å². The zero-order chi connectivity index (χ0) is 14.7. The van der Waals surface area contributed by atoms with Gasteiger partial charge in [-0.25, -0.2) is 0 Å². The van der Waals surface area contributed by atoms with E-state index < -0.39 is 0 Å². The summed E-state index contributed by atoms with van der Waals surface area (Å²) in [4.78, 5) is 1.97. The van der Waals surface area contributed by atoms with E-state index in [0.29, 0.717) is 0 Å². The lowest BCUT2D eigenvalue weighted by Gasteiger charge is -2.25. The van der Waals surface area contributed by atoms with Crippen molar-refractivity contribution in [1.29, 1.82) is 0 Å². The molecule has 0 aromatic heterocycles. The second-order valence-corrected chi connectivity index (χ2v) is 4.71. The minimum absolute atomic E-state index is 0.202. The molecular formula is C18H15NO2. The Morgan fingerprint density at radius 3 is 1.48 bits per heavy atom. The van der Waals surface area contributed by atoms with Gasteiger partial charge in [0.1, 0.15) is 11.5 Å². The molecule has 3 aromatic carbocycles. The highest BCUT2D eigenvalue weighted by atomic mass is 16.3. The lowest BCUT2D eigenvalue weighted by atomic mass is 10.2. The van der Waals surface area contributed by atoms with Crippen LogP contribution in [0.1, 0.15) is 0 Å². The fourth-order valence-corrected chi connectivity index (χ4v) is 2.29. The topological polar surface area (TPSA) is 43.7 Å². The SMILES string of the molecule is Oc1cccc(N(c2ccccc2)c2cccc(O)c2)c1. The van der Waals surface area contributed by atoms with E-state index in [1.165, 1.54) is 0 Å². The van der Waals surface area contributed by atoms with Crippen LogP contribution in [0, 0.1) is 0 Å². The summed E-state index contributed by atoms with van der Waals surface area (Å²) in [6, 6.07) is 23.9. The van der Waals surface area contributed by atoms with Crippen molar-refractivity contribution in [3.05, 3.63) is 78.9 Å². The standard InChI is InChI=1S/C18H15NO2/c20-17-10-4-8-15(12-17)19(14-6-2-1-3-7-14)16-9-5-11-18(21)13-16/h1-13,20-21H. The van der Waals surface area contributed by atoms with Crippen LogP contribution in [0.5, 0.6) is 11.5 Å². The first-order chi connectivity index (χ1) is 10.2. The first kappa shape index (κ1) is 13.1. The van der Waals surface area contributed by atoms with Crippen LogP contribution in [0.3, 0.4) is 0 Å². The lowest BCUT2D eigenvalue weighted by Crippen LogP contribution is -2.09. The maximum atomic E-state index is 9.73. The van der Waals surface area contributed by atoms with Crippen LogP contribution < -0.4 is 4.90 Å². The average molecular weight is 277 g/mol. The summed E-state index contributed by atoms with van der Waals surface area (Å²) in [5.74, 6) is 0.405. The van der Waals surface area contributed by atoms with Crippen LogP contribution in [-0.4, -0.2) is 10.2 Å². The van der Waals surface area contributed by atoms with Crippen molar-refractivity contribution in [1.82, 2.24) is 0 Å². The molecule has 2 N–H and O–H groups in total. The Hall–Kier alpha value is -2.94. The number of para-hydroxylation sites is 1. The molecule has 0 atom stereocenters. The van der Waals surface area contributed by atoms with Crippen molar-refractivity contribution < 1.29 is 10.2 Å². The monoisotopic (exact) mass is 277 g/mol. The van der Waals surface area contributed by atoms with E-state index in [2.05, 4.69) is 0 Å². The normalized spacial score (nSPS) is 10.3. The van der Waals surface area contributed by atoms with Gasteiger partial charge in [-0.2, -0.15) is 0 Å². The Morgan fingerprint density at radius 2 is 1.00 bits per heavy atom. The third kappa shape index (κ3) is 2.82. The highest BCUT2D eigenvalue weighted by molar-refractivity contribution is 5.77. The summed E-state index contributed by atoms with van der Waals surface area (Å²) in [7, 11) is 0. The largest absolute Gasteiger partial charge is 0.508 e. The fraction of sp³-hybridized carbons (Fsp3) is 0. The van der Waals surface area contributed by atoms with Crippen molar-refractivity contribution >= 4 is 17.1 Å². The zero-order valence-corrected chi connectivity index (χ0v) is 11.3. The molecule has 0 aliphatic rings. The number of anilines is 3. The van der Waals surface area contributed by atoms with Crippen LogP contribution in [0.25, 0.3) is 0 Å². The van der Waals surface area contributed by atoms with Gasteiger partial charge >= 0.3 is 0 Å². The Labute approximate surface area is 123 Å². The van der Waals surface area contributed by atoms with Crippen molar-refractivity contribution in [3.63, 3.8) is 0 Å². The van der Waals surface area contributed by atoms with Gasteiger partial charge in [0.15, 0.2) is 0 Å². The number of nitrogens with zero attached hydrogens (tertiary/aromatic N) is 1. The van der Waals surface area contributed by atoms with Crippen LogP contribution in [0.15, 0.2) is 78.9 Å². The summed E-state index contributed by atoms with van der Waals surface area (Å²) in [5.41, 5.74) is 2.60. The van der Waals surface area contributed by atoms with E-state index >= 15 is 0 Å². The Kier molecular flexibility index (Phi) is 3.48. The number of aromatic hydroxyl groups is 2. The molecule has 0 saturated heterocycles. The molecule has 3 nitrogen and oxygen atoms in total. The van der Waals surface area contributed by atoms with E-state index in [1.807, 2.05) is 47.4 Å². The number of hydrogen-bond donors (Lipinski definition) is 2. The molecule has 0 aliphatic heterocycles. The number of rotatable bonds is 3. The van der Waals surface area contributed by atoms with Crippen LogP contribution in [-0.2, 0) is 0 Å². The molecular weight excluding hydrogens is 262 g/mol. The quantitative estimate of drug-likeness (QED) is 0.737. The molecule has 3 rings (SSSR count). The number of phenolic OH excluding ortho intramolecular Hbond substituents is 2. The summed E-state index contributed by atoms with van der Waals surface area (Å²) in [5, 5.41) is 19.5. The lowest BCUT2D eigenvalue weighted by molar-refractivity contribution is 0.475. The van der Waals surface area contributed by atoms with Crippen LogP contribution in [0.2, 0.25) is 0 Å². The van der Waals surface area contributed by atoms with Gasteiger partial charge in [-0.3, -0.25) is 0 Å². The summed E-state index contributed by atoms with van der Waals surface area (Å²) in [6.45, 7) is 0. The van der Waals surface area contributed by atoms with E-state index in [0.717, 1.165) is 17.1 Å². The molecule has 0 radical (unpaired) electrons. The van der Waals surface area contributed by atoms with Crippen LogP contribution >= 0.6 is 0 Å². The minimum atomic E-state index is 0.202. The molecule has 3 heteroatoms. The van der Waals surface area contributed by atoms with E-state index in [1.54, 1.807) is 36.4 Å². The van der Waals surface area contributed by atoms with Crippen LogP contribution in [0.4, 0.5) is 17.1 Å². The second kappa shape index (κ2) is 5.59. The maximum Gasteiger partial charge on any atom is 0.117 e. The second-order valence-electron chi connectivity index (χ2n) is 4.71. The Balaban J connectivity index is 2.16. The van der Waals surface area contributed by atoms with Gasteiger partial charge in [-0.15, -0.1) is 0 Å². The summed E-state index contributed by atoms with van der Waals surface area (Å²) >= 11 is 0. The molecule has 0 amide bonds.